The van der Waals surface area contributed by atoms with E-state index in [1.165, 1.54) is 13.2 Å². The molecule has 1 aliphatic rings. The third-order valence-corrected chi connectivity index (χ3v) is 2.19. The van der Waals surface area contributed by atoms with E-state index in [2.05, 4.69) is 0 Å². The molecule has 0 aliphatic carbocycles. The van der Waals surface area contributed by atoms with E-state index in [9.17, 15) is 4.39 Å². The van der Waals surface area contributed by atoms with E-state index in [0.717, 1.165) is 0 Å². The van der Waals surface area contributed by atoms with Crippen molar-refractivity contribution in [1.29, 1.82) is 0 Å². The van der Waals surface area contributed by atoms with Crippen molar-refractivity contribution in [2.24, 2.45) is 0 Å². The Hall–Kier alpha value is -1.29. The second kappa shape index (κ2) is 3.46. The summed E-state index contributed by atoms with van der Waals surface area (Å²) in [5.41, 5.74) is 0.662. The first-order valence-corrected chi connectivity index (χ1v) is 4.30. The molecule has 1 heterocycles. The van der Waals surface area contributed by atoms with Crippen LogP contribution in [0.25, 0.3) is 0 Å². The molecule has 0 saturated carbocycles. The highest BCUT2D eigenvalue weighted by atomic mass is 19.1. The lowest BCUT2D eigenvalue weighted by Gasteiger charge is -2.11. The standard InChI is InChI=1S/C10H11FO3/c1-12-7-4-3-6(11)10(13-2)9(7)8-5-14-8/h3-4,8H,5H2,1-2H3. The number of rotatable bonds is 3. The van der Waals surface area contributed by atoms with E-state index in [-0.39, 0.29) is 17.7 Å². The largest absolute Gasteiger partial charge is 0.496 e. The van der Waals surface area contributed by atoms with Crippen LogP contribution in [-0.4, -0.2) is 20.8 Å². The van der Waals surface area contributed by atoms with Crippen LogP contribution in [0, 0.1) is 5.82 Å². The van der Waals surface area contributed by atoms with Crippen LogP contribution in [-0.2, 0) is 4.74 Å². The lowest BCUT2D eigenvalue weighted by molar-refractivity contribution is 0.345. The summed E-state index contributed by atoms with van der Waals surface area (Å²) < 4.78 is 28.5. The van der Waals surface area contributed by atoms with Crippen LogP contribution in [0.5, 0.6) is 11.5 Å². The molecule has 4 heteroatoms. The van der Waals surface area contributed by atoms with Gasteiger partial charge in [0.2, 0.25) is 0 Å². The Balaban J connectivity index is 2.52. The summed E-state index contributed by atoms with van der Waals surface area (Å²) in [5, 5.41) is 0. The fourth-order valence-electron chi connectivity index (χ4n) is 1.46. The molecule has 0 N–H and O–H groups in total. The van der Waals surface area contributed by atoms with Gasteiger partial charge in [0.25, 0.3) is 0 Å². The minimum atomic E-state index is -0.390. The summed E-state index contributed by atoms with van der Waals surface area (Å²) in [6.45, 7) is 0.593. The third kappa shape index (κ3) is 1.42. The molecular formula is C10H11FO3. The highest BCUT2D eigenvalue weighted by Crippen LogP contribution is 2.43. The van der Waals surface area contributed by atoms with E-state index >= 15 is 0 Å². The molecule has 1 fully saturated rings. The number of hydrogen-bond donors (Lipinski definition) is 0. The Bertz CT molecular complexity index is 347. The molecule has 0 amide bonds. The number of ether oxygens (including phenoxy) is 3. The zero-order valence-electron chi connectivity index (χ0n) is 8.04. The third-order valence-electron chi connectivity index (χ3n) is 2.19. The number of halogens is 1. The van der Waals surface area contributed by atoms with Crippen LogP contribution in [0.4, 0.5) is 4.39 Å². The Labute approximate surface area is 81.4 Å². The van der Waals surface area contributed by atoms with Crippen molar-refractivity contribution in [3.8, 4) is 11.5 Å². The molecule has 1 unspecified atom stereocenters. The van der Waals surface area contributed by atoms with Gasteiger partial charge in [0.15, 0.2) is 11.6 Å². The van der Waals surface area contributed by atoms with Crippen LogP contribution < -0.4 is 9.47 Å². The highest BCUT2D eigenvalue weighted by molar-refractivity contribution is 5.48. The van der Waals surface area contributed by atoms with Crippen molar-refractivity contribution in [2.75, 3.05) is 20.8 Å². The first-order valence-electron chi connectivity index (χ1n) is 4.30. The van der Waals surface area contributed by atoms with Gasteiger partial charge in [-0.25, -0.2) is 4.39 Å². The lowest BCUT2D eigenvalue weighted by Crippen LogP contribution is -1.98. The van der Waals surface area contributed by atoms with Gasteiger partial charge < -0.3 is 14.2 Å². The van der Waals surface area contributed by atoms with E-state index in [0.29, 0.717) is 17.9 Å². The Morgan fingerprint density at radius 3 is 2.57 bits per heavy atom. The molecule has 1 saturated heterocycles. The van der Waals surface area contributed by atoms with Crippen LogP contribution in [0.2, 0.25) is 0 Å². The number of hydrogen-bond acceptors (Lipinski definition) is 3. The summed E-state index contributed by atoms with van der Waals surface area (Å²) in [6.07, 6.45) is -0.0874. The topological polar surface area (TPSA) is 31.0 Å². The minimum Gasteiger partial charge on any atom is -0.496 e. The maximum absolute atomic E-state index is 13.3. The molecule has 0 bridgehead atoms. The molecule has 14 heavy (non-hydrogen) atoms. The van der Waals surface area contributed by atoms with Crippen molar-refractivity contribution in [1.82, 2.24) is 0 Å². The van der Waals surface area contributed by atoms with Gasteiger partial charge in [-0.1, -0.05) is 0 Å². The summed E-state index contributed by atoms with van der Waals surface area (Å²) >= 11 is 0. The predicted octanol–water partition coefficient (Wildman–Crippen LogP) is 1.91. The molecular weight excluding hydrogens is 187 g/mol. The van der Waals surface area contributed by atoms with Crippen LogP contribution in [0.1, 0.15) is 11.7 Å². The molecule has 1 aromatic carbocycles. The van der Waals surface area contributed by atoms with E-state index in [4.69, 9.17) is 14.2 Å². The van der Waals surface area contributed by atoms with Crippen LogP contribution in [0.3, 0.4) is 0 Å². The van der Waals surface area contributed by atoms with Gasteiger partial charge in [0.1, 0.15) is 11.9 Å². The van der Waals surface area contributed by atoms with Crippen molar-refractivity contribution < 1.29 is 18.6 Å². The van der Waals surface area contributed by atoms with Crippen LogP contribution in [0.15, 0.2) is 12.1 Å². The normalized spacial score (nSPS) is 19.2. The first-order chi connectivity index (χ1) is 6.77. The summed E-state index contributed by atoms with van der Waals surface area (Å²) in [4.78, 5) is 0. The first kappa shape index (κ1) is 9.27. The fraction of sp³-hybridized carbons (Fsp3) is 0.400. The van der Waals surface area contributed by atoms with Gasteiger partial charge >= 0.3 is 0 Å². The molecule has 0 spiro atoms. The quantitative estimate of drug-likeness (QED) is 0.695. The van der Waals surface area contributed by atoms with Crippen LogP contribution >= 0.6 is 0 Å². The second-order valence-corrected chi connectivity index (χ2v) is 3.02. The van der Waals surface area contributed by atoms with Crippen molar-refractivity contribution in [3.63, 3.8) is 0 Å². The van der Waals surface area contributed by atoms with Gasteiger partial charge in [-0.2, -0.15) is 0 Å². The highest BCUT2D eigenvalue weighted by Gasteiger charge is 2.33. The van der Waals surface area contributed by atoms with Gasteiger partial charge in [0.05, 0.1) is 26.4 Å². The molecule has 3 nitrogen and oxygen atoms in total. The van der Waals surface area contributed by atoms with Gasteiger partial charge in [-0.15, -0.1) is 0 Å². The summed E-state index contributed by atoms with van der Waals surface area (Å²) in [5.74, 6) is 0.427. The fourth-order valence-corrected chi connectivity index (χ4v) is 1.46. The van der Waals surface area contributed by atoms with Crippen molar-refractivity contribution >= 4 is 0 Å². The van der Waals surface area contributed by atoms with Gasteiger partial charge in [-0.05, 0) is 12.1 Å². The smallest absolute Gasteiger partial charge is 0.165 e. The molecule has 2 rings (SSSR count). The number of epoxide rings is 1. The van der Waals surface area contributed by atoms with E-state index < -0.39 is 0 Å². The Morgan fingerprint density at radius 1 is 1.36 bits per heavy atom. The SMILES string of the molecule is COc1ccc(F)c(OC)c1C1CO1. The molecule has 0 radical (unpaired) electrons. The molecule has 1 aromatic rings. The maximum atomic E-state index is 13.3. The number of benzene rings is 1. The average Bonchev–Trinajstić information content (AvgIpc) is 3.00. The Kier molecular flexibility index (Phi) is 2.29. The maximum Gasteiger partial charge on any atom is 0.165 e. The Morgan fingerprint density at radius 2 is 2.07 bits per heavy atom. The van der Waals surface area contributed by atoms with Gasteiger partial charge in [-0.3, -0.25) is 0 Å². The predicted molar refractivity (Wildman–Crippen MR) is 48.2 cm³/mol. The lowest BCUT2D eigenvalue weighted by atomic mass is 10.1. The summed E-state index contributed by atoms with van der Waals surface area (Å²) in [7, 11) is 2.97. The van der Waals surface area contributed by atoms with E-state index in [1.807, 2.05) is 0 Å². The monoisotopic (exact) mass is 198 g/mol. The number of methoxy groups -OCH3 is 2. The molecule has 1 atom stereocenters. The van der Waals surface area contributed by atoms with Crippen molar-refractivity contribution in [3.05, 3.63) is 23.5 Å². The molecule has 1 aliphatic heterocycles. The molecule has 0 aromatic heterocycles. The minimum absolute atomic E-state index is 0.0874. The average molecular weight is 198 g/mol. The van der Waals surface area contributed by atoms with Crippen molar-refractivity contribution in [2.45, 2.75) is 6.10 Å². The summed E-state index contributed by atoms with van der Waals surface area (Å²) in [6, 6.07) is 2.90. The zero-order valence-corrected chi connectivity index (χ0v) is 8.04. The zero-order chi connectivity index (χ0) is 10.1. The van der Waals surface area contributed by atoms with Gasteiger partial charge in [0, 0.05) is 0 Å². The van der Waals surface area contributed by atoms with E-state index in [1.54, 1.807) is 13.2 Å². The molecule has 76 valence electrons. The second-order valence-electron chi connectivity index (χ2n) is 3.02.